The highest BCUT2D eigenvalue weighted by Crippen LogP contribution is 2.27. The second-order valence-corrected chi connectivity index (χ2v) is 4.86. The van der Waals surface area contributed by atoms with E-state index in [9.17, 15) is 0 Å². The van der Waals surface area contributed by atoms with Crippen molar-refractivity contribution < 1.29 is 4.74 Å². The summed E-state index contributed by atoms with van der Waals surface area (Å²) in [6, 6.07) is 5.74. The van der Waals surface area contributed by atoms with E-state index in [4.69, 9.17) is 16.3 Å². The summed E-state index contributed by atoms with van der Waals surface area (Å²) in [5.74, 6) is 0.822. The van der Waals surface area contributed by atoms with E-state index in [0.29, 0.717) is 13.2 Å². The largest absolute Gasteiger partial charge is 0.487 e. The van der Waals surface area contributed by atoms with Gasteiger partial charge in [-0.2, -0.15) is 0 Å². The van der Waals surface area contributed by atoms with Crippen molar-refractivity contribution in [1.82, 2.24) is 14.9 Å². The molecule has 0 unspecified atom stereocenters. The van der Waals surface area contributed by atoms with Gasteiger partial charge in [-0.1, -0.05) is 24.6 Å². The maximum absolute atomic E-state index is 6.25. The van der Waals surface area contributed by atoms with Gasteiger partial charge >= 0.3 is 0 Å². The summed E-state index contributed by atoms with van der Waals surface area (Å²) in [4.78, 5) is 4.14. The number of hydrogen-bond acceptors (Lipinski definition) is 3. The van der Waals surface area contributed by atoms with Gasteiger partial charge in [0, 0.05) is 23.7 Å². The van der Waals surface area contributed by atoms with Crippen molar-refractivity contribution in [3.05, 3.63) is 47.0 Å². The van der Waals surface area contributed by atoms with Crippen LogP contribution < -0.4 is 10.1 Å². The first-order chi connectivity index (χ1) is 9.76. The Morgan fingerprint density at radius 3 is 2.95 bits per heavy atom. The number of nitrogens with one attached hydrogen (secondary N) is 1. The molecule has 0 bridgehead atoms. The van der Waals surface area contributed by atoms with Crippen LogP contribution in [0.1, 0.15) is 25.1 Å². The third-order valence-corrected chi connectivity index (χ3v) is 3.50. The number of benzene rings is 1. The summed E-state index contributed by atoms with van der Waals surface area (Å²) in [5.41, 5.74) is 2.06. The Hall–Kier alpha value is -1.52. The van der Waals surface area contributed by atoms with E-state index in [2.05, 4.69) is 28.7 Å². The molecule has 2 aromatic rings. The normalized spacial score (nSPS) is 10.8. The lowest BCUT2D eigenvalue weighted by molar-refractivity contribution is 0.291. The number of aromatic nitrogens is 2. The van der Waals surface area contributed by atoms with E-state index >= 15 is 0 Å². The molecule has 108 valence electrons. The van der Waals surface area contributed by atoms with E-state index in [1.165, 1.54) is 0 Å². The molecule has 0 aliphatic rings. The second kappa shape index (κ2) is 7.31. The third kappa shape index (κ3) is 3.52. The Bertz CT molecular complexity index is 554. The molecular weight excluding hydrogens is 274 g/mol. The Morgan fingerprint density at radius 2 is 2.20 bits per heavy atom. The average molecular weight is 294 g/mol. The fourth-order valence-corrected chi connectivity index (χ4v) is 2.23. The van der Waals surface area contributed by atoms with Gasteiger partial charge in [0.05, 0.1) is 18.2 Å². The van der Waals surface area contributed by atoms with Gasteiger partial charge in [0.2, 0.25) is 0 Å². The zero-order valence-corrected chi connectivity index (χ0v) is 12.7. The predicted molar refractivity (Wildman–Crippen MR) is 81.1 cm³/mol. The first-order valence-electron chi connectivity index (χ1n) is 6.86. The van der Waals surface area contributed by atoms with Crippen LogP contribution in [0.25, 0.3) is 0 Å². The lowest BCUT2D eigenvalue weighted by Gasteiger charge is -2.14. The molecule has 0 fully saturated rings. The quantitative estimate of drug-likeness (QED) is 0.852. The summed E-state index contributed by atoms with van der Waals surface area (Å²) in [6.07, 6.45) is 3.65. The van der Waals surface area contributed by atoms with Crippen LogP contribution in [0.2, 0.25) is 5.02 Å². The van der Waals surface area contributed by atoms with Crippen LogP contribution in [0.4, 0.5) is 0 Å². The van der Waals surface area contributed by atoms with Crippen LogP contribution in [-0.2, 0) is 19.7 Å². The van der Waals surface area contributed by atoms with Crippen LogP contribution in [0.3, 0.4) is 0 Å². The van der Waals surface area contributed by atoms with E-state index in [0.717, 1.165) is 35.1 Å². The summed E-state index contributed by atoms with van der Waals surface area (Å²) in [5, 5.41) is 4.01. The summed E-state index contributed by atoms with van der Waals surface area (Å²) in [6.45, 7) is 7.13. The number of halogens is 1. The van der Waals surface area contributed by atoms with Crippen LogP contribution in [0.5, 0.6) is 5.75 Å². The van der Waals surface area contributed by atoms with Crippen molar-refractivity contribution in [3.63, 3.8) is 0 Å². The standard InChI is InChI=1S/C15H20ClN3O/c1-3-17-9-13-14(16)6-5-7-15(13)20-10-12-8-18-11-19(12)4-2/h5-8,11,17H,3-4,9-10H2,1-2H3. The maximum atomic E-state index is 6.25. The summed E-state index contributed by atoms with van der Waals surface area (Å²) < 4.78 is 7.98. The lowest BCUT2D eigenvalue weighted by Crippen LogP contribution is -2.13. The van der Waals surface area contributed by atoms with Crippen LogP contribution in [0, 0.1) is 0 Å². The Kier molecular flexibility index (Phi) is 5.44. The van der Waals surface area contributed by atoms with Gasteiger partial charge in [0.15, 0.2) is 0 Å². The molecule has 0 aliphatic heterocycles. The topological polar surface area (TPSA) is 39.1 Å². The number of ether oxygens (including phenoxy) is 1. The molecule has 0 atom stereocenters. The molecule has 0 amide bonds. The minimum atomic E-state index is 0.493. The molecule has 0 saturated heterocycles. The zero-order chi connectivity index (χ0) is 14.4. The molecule has 0 radical (unpaired) electrons. The number of imidazole rings is 1. The number of nitrogens with zero attached hydrogens (tertiary/aromatic N) is 2. The van der Waals surface area contributed by atoms with Gasteiger partial charge in [-0.05, 0) is 25.6 Å². The maximum Gasteiger partial charge on any atom is 0.130 e. The van der Waals surface area contributed by atoms with Crippen molar-refractivity contribution >= 4 is 11.6 Å². The van der Waals surface area contributed by atoms with Crippen molar-refractivity contribution in [2.24, 2.45) is 0 Å². The van der Waals surface area contributed by atoms with E-state index in [-0.39, 0.29) is 0 Å². The minimum absolute atomic E-state index is 0.493. The second-order valence-electron chi connectivity index (χ2n) is 4.46. The monoisotopic (exact) mass is 293 g/mol. The fraction of sp³-hybridized carbons (Fsp3) is 0.400. The summed E-state index contributed by atoms with van der Waals surface area (Å²) >= 11 is 6.25. The van der Waals surface area contributed by atoms with Gasteiger partial charge in [-0.15, -0.1) is 0 Å². The number of aryl methyl sites for hydroxylation is 1. The molecule has 0 spiro atoms. The highest BCUT2D eigenvalue weighted by molar-refractivity contribution is 6.31. The van der Waals surface area contributed by atoms with Crippen molar-refractivity contribution in [2.45, 2.75) is 33.5 Å². The SMILES string of the molecule is CCNCc1c(Cl)cccc1OCc1cncn1CC. The first-order valence-corrected chi connectivity index (χ1v) is 7.24. The van der Waals surface area contributed by atoms with E-state index < -0.39 is 0 Å². The van der Waals surface area contributed by atoms with Crippen LogP contribution in [-0.4, -0.2) is 16.1 Å². The Balaban J connectivity index is 2.10. The first kappa shape index (κ1) is 14.9. The van der Waals surface area contributed by atoms with Crippen molar-refractivity contribution in [2.75, 3.05) is 6.54 Å². The van der Waals surface area contributed by atoms with Crippen LogP contribution >= 0.6 is 11.6 Å². The lowest BCUT2D eigenvalue weighted by atomic mass is 10.2. The average Bonchev–Trinajstić information content (AvgIpc) is 2.91. The smallest absolute Gasteiger partial charge is 0.130 e. The number of rotatable bonds is 7. The highest BCUT2D eigenvalue weighted by atomic mass is 35.5. The third-order valence-electron chi connectivity index (χ3n) is 3.14. The number of hydrogen-bond donors (Lipinski definition) is 1. The molecule has 1 aromatic heterocycles. The van der Waals surface area contributed by atoms with Crippen molar-refractivity contribution in [1.29, 1.82) is 0 Å². The Labute approximate surface area is 124 Å². The molecule has 5 heteroatoms. The highest BCUT2D eigenvalue weighted by Gasteiger charge is 2.09. The van der Waals surface area contributed by atoms with Crippen molar-refractivity contribution in [3.8, 4) is 5.75 Å². The predicted octanol–water partition coefficient (Wildman–Crippen LogP) is 3.24. The van der Waals surface area contributed by atoms with Gasteiger partial charge < -0.3 is 14.6 Å². The van der Waals surface area contributed by atoms with Gasteiger partial charge in [-0.25, -0.2) is 4.98 Å². The molecule has 0 aliphatic carbocycles. The molecule has 1 N–H and O–H groups in total. The van der Waals surface area contributed by atoms with E-state index in [1.807, 2.05) is 30.7 Å². The zero-order valence-electron chi connectivity index (χ0n) is 11.9. The fourth-order valence-electron chi connectivity index (χ4n) is 2.00. The minimum Gasteiger partial charge on any atom is -0.487 e. The van der Waals surface area contributed by atoms with E-state index in [1.54, 1.807) is 0 Å². The molecule has 4 nitrogen and oxygen atoms in total. The van der Waals surface area contributed by atoms with Crippen LogP contribution in [0.15, 0.2) is 30.7 Å². The molecule has 20 heavy (non-hydrogen) atoms. The molecule has 1 aromatic carbocycles. The Morgan fingerprint density at radius 1 is 1.35 bits per heavy atom. The van der Waals surface area contributed by atoms with Gasteiger partial charge in [0.1, 0.15) is 12.4 Å². The molecule has 0 saturated carbocycles. The van der Waals surface area contributed by atoms with Gasteiger partial charge in [0.25, 0.3) is 0 Å². The molecule has 1 heterocycles. The molecule has 2 rings (SSSR count). The van der Waals surface area contributed by atoms with Gasteiger partial charge in [-0.3, -0.25) is 0 Å². The summed E-state index contributed by atoms with van der Waals surface area (Å²) in [7, 11) is 0. The molecular formula is C15H20ClN3O.